The van der Waals surface area contributed by atoms with Gasteiger partial charge in [-0.15, -0.1) is 0 Å². The molecule has 0 aliphatic heterocycles. The van der Waals surface area contributed by atoms with E-state index in [1.807, 2.05) is 0 Å². The lowest BCUT2D eigenvalue weighted by Gasteiger charge is -2.24. The molecular weight excluding hydrogens is 451 g/mol. The van der Waals surface area contributed by atoms with Crippen LogP contribution < -0.4 is 4.90 Å². The lowest BCUT2D eigenvalue weighted by molar-refractivity contribution is 0.0593. The Morgan fingerprint density at radius 2 is 1.27 bits per heavy atom. The van der Waals surface area contributed by atoms with Crippen molar-refractivity contribution in [3.05, 3.63) is 92.7 Å². The van der Waals surface area contributed by atoms with Crippen molar-refractivity contribution in [2.75, 3.05) is 12.0 Å². The van der Waals surface area contributed by atoms with Gasteiger partial charge in [0.25, 0.3) is 11.8 Å². The smallest absolute Gasteiger partial charge is 0.358 e. The number of ether oxygens (including phenoxy) is 1. The molecule has 0 aliphatic rings. The molecule has 0 spiro atoms. The van der Waals surface area contributed by atoms with E-state index in [4.69, 9.17) is 34.8 Å². The van der Waals surface area contributed by atoms with Gasteiger partial charge in [0.1, 0.15) is 5.02 Å². The van der Waals surface area contributed by atoms with Gasteiger partial charge in [0.2, 0.25) is 0 Å². The molecule has 1 heterocycles. The largest absolute Gasteiger partial charge is 0.464 e. The molecule has 30 heavy (non-hydrogen) atoms. The van der Waals surface area contributed by atoms with E-state index in [0.717, 1.165) is 12.0 Å². The highest BCUT2D eigenvalue weighted by atomic mass is 35.5. The van der Waals surface area contributed by atoms with Crippen LogP contribution in [0.4, 0.5) is 5.69 Å². The predicted molar refractivity (Wildman–Crippen MR) is 115 cm³/mol. The number of pyridine rings is 1. The van der Waals surface area contributed by atoms with Crippen LogP contribution in [-0.2, 0) is 4.74 Å². The lowest BCUT2D eigenvalue weighted by atomic mass is 10.1. The third kappa shape index (κ3) is 4.16. The van der Waals surface area contributed by atoms with Crippen molar-refractivity contribution in [2.45, 2.75) is 0 Å². The summed E-state index contributed by atoms with van der Waals surface area (Å²) in [6.45, 7) is 0. The van der Waals surface area contributed by atoms with Crippen molar-refractivity contribution in [3.63, 3.8) is 0 Å². The first kappa shape index (κ1) is 21.8. The Bertz CT molecular complexity index is 1070. The summed E-state index contributed by atoms with van der Waals surface area (Å²) < 4.78 is 4.66. The maximum atomic E-state index is 13.3. The van der Waals surface area contributed by atoms with Crippen molar-refractivity contribution in [3.8, 4) is 0 Å². The van der Waals surface area contributed by atoms with Crippen LogP contribution in [0.5, 0.6) is 0 Å². The molecule has 3 rings (SSSR count). The summed E-state index contributed by atoms with van der Waals surface area (Å²) in [5.41, 5.74) is -0.250. The van der Waals surface area contributed by atoms with Gasteiger partial charge in [-0.1, -0.05) is 71.2 Å². The van der Waals surface area contributed by atoms with Gasteiger partial charge in [-0.05, 0) is 24.3 Å². The zero-order valence-electron chi connectivity index (χ0n) is 15.4. The molecule has 1 aromatic heterocycles. The van der Waals surface area contributed by atoms with Gasteiger partial charge in [-0.25, -0.2) is 14.7 Å². The predicted octanol–water partition coefficient (Wildman–Crippen LogP) is 5.32. The molecule has 0 radical (unpaired) electrons. The van der Waals surface area contributed by atoms with Crippen molar-refractivity contribution in [1.29, 1.82) is 0 Å². The van der Waals surface area contributed by atoms with E-state index in [2.05, 4.69) is 9.72 Å². The maximum Gasteiger partial charge on any atom is 0.358 e. The number of benzene rings is 2. The summed E-state index contributed by atoms with van der Waals surface area (Å²) in [5.74, 6) is -2.34. The number of esters is 1. The van der Waals surface area contributed by atoms with Gasteiger partial charge >= 0.3 is 5.97 Å². The highest BCUT2D eigenvalue weighted by Crippen LogP contribution is 2.41. The van der Waals surface area contributed by atoms with E-state index < -0.39 is 17.8 Å². The van der Waals surface area contributed by atoms with Gasteiger partial charge in [-0.2, -0.15) is 0 Å². The summed E-state index contributed by atoms with van der Waals surface area (Å²) in [4.78, 5) is 43.4. The lowest BCUT2D eigenvalue weighted by Crippen LogP contribution is -2.38. The molecular formula is C21H13Cl3N2O4. The number of rotatable bonds is 4. The zero-order chi connectivity index (χ0) is 21.8. The van der Waals surface area contributed by atoms with Crippen molar-refractivity contribution < 1.29 is 19.1 Å². The quantitative estimate of drug-likeness (QED) is 0.297. The Morgan fingerprint density at radius 3 is 1.70 bits per heavy atom. The minimum absolute atomic E-state index is 0.196. The Morgan fingerprint density at radius 1 is 0.800 bits per heavy atom. The Hall–Kier alpha value is -2.93. The number of methoxy groups -OCH3 is 1. The fourth-order valence-electron chi connectivity index (χ4n) is 2.65. The van der Waals surface area contributed by atoms with E-state index >= 15 is 0 Å². The highest BCUT2D eigenvalue weighted by Gasteiger charge is 2.33. The molecule has 0 aliphatic carbocycles. The second-order valence-electron chi connectivity index (χ2n) is 5.90. The SMILES string of the molecule is COC(=O)c1nc(Cl)c(Cl)c(N(C(=O)c2ccccc2)C(=O)c2ccccc2)c1Cl. The number of nitrogens with zero attached hydrogens (tertiary/aromatic N) is 2. The van der Waals surface area contributed by atoms with Crippen LogP contribution in [0.2, 0.25) is 15.2 Å². The minimum Gasteiger partial charge on any atom is -0.464 e. The average Bonchev–Trinajstić information content (AvgIpc) is 2.79. The Balaban J connectivity index is 2.28. The molecule has 0 saturated carbocycles. The van der Waals surface area contributed by atoms with Gasteiger partial charge in [0.15, 0.2) is 10.8 Å². The number of anilines is 1. The normalized spacial score (nSPS) is 10.4. The summed E-state index contributed by atoms with van der Waals surface area (Å²) in [5, 5.41) is -0.920. The van der Waals surface area contributed by atoms with Crippen LogP contribution in [0.15, 0.2) is 60.7 Å². The van der Waals surface area contributed by atoms with E-state index in [1.54, 1.807) is 36.4 Å². The molecule has 6 nitrogen and oxygen atoms in total. The summed E-state index contributed by atoms with van der Waals surface area (Å²) in [6, 6.07) is 16.1. The molecule has 152 valence electrons. The second-order valence-corrected chi connectivity index (χ2v) is 7.01. The molecule has 0 unspecified atom stereocenters. The van der Waals surface area contributed by atoms with Gasteiger partial charge in [-0.3, -0.25) is 9.59 Å². The standard InChI is InChI=1S/C21H13Cl3N2O4/c1-30-21(29)16-14(22)17(15(23)18(24)25-16)26(19(27)12-8-4-2-5-9-12)20(28)13-10-6-3-7-11-13/h2-11H,1H3. The monoisotopic (exact) mass is 462 g/mol. The topological polar surface area (TPSA) is 76.6 Å². The molecule has 9 heteroatoms. The summed E-state index contributed by atoms with van der Waals surface area (Å²) in [6.07, 6.45) is 0. The van der Waals surface area contributed by atoms with Gasteiger partial charge < -0.3 is 4.74 Å². The van der Waals surface area contributed by atoms with E-state index in [0.29, 0.717) is 0 Å². The first-order chi connectivity index (χ1) is 14.4. The molecule has 3 aromatic rings. The molecule has 0 saturated heterocycles. The fourth-order valence-corrected chi connectivity index (χ4v) is 3.39. The number of carbonyl (C=O) groups is 3. The van der Waals surface area contributed by atoms with Crippen molar-refractivity contribution in [1.82, 2.24) is 4.98 Å². The van der Waals surface area contributed by atoms with Crippen LogP contribution in [0.3, 0.4) is 0 Å². The second kappa shape index (κ2) is 9.26. The molecule has 0 fully saturated rings. The fraction of sp³-hybridized carbons (Fsp3) is 0.0476. The van der Waals surface area contributed by atoms with Crippen LogP contribution in [-0.4, -0.2) is 29.9 Å². The van der Waals surface area contributed by atoms with Gasteiger partial charge in [0, 0.05) is 11.1 Å². The van der Waals surface area contributed by atoms with Crippen LogP contribution in [0.1, 0.15) is 31.2 Å². The minimum atomic E-state index is -0.904. The number of aromatic nitrogens is 1. The number of carbonyl (C=O) groups excluding carboxylic acids is 3. The summed E-state index contributed by atoms with van der Waals surface area (Å²) >= 11 is 18.7. The van der Waals surface area contributed by atoms with Crippen molar-refractivity contribution in [2.24, 2.45) is 0 Å². The zero-order valence-corrected chi connectivity index (χ0v) is 17.7. The third-order valence-corrected chi connectivity index (χ3v) is 5.15. The Kier molecular flexibility index (Phi) is 6.72. The molecule has 0 N–H and O–H groups in total. The van der Waals surface area contributed by atoms with Gasteiger partial charge in [0.05, 0.1) is 17.8 Å². The number of hydrogen-bond acceptors (Lipinski definition) is 5. The summed E-state index contributed by atoms with van der Waals surface area (Å²) in [7, 11) is 1.13. The third-order valence-electron chi connectivity index (χ3n) is 4.06. The van der Waals surface area contributed by atoms with Crippen LogP contribution in [0, 0.1) is 0 Å². The first-order valence-electron chi connectivity index (χ1n) is 8.48. The first-order valence-corrected chi connectivity index (χ1v) is 9.61. The number of halogens is 3. The highest BCUT2D eigenvalue weighted by molar-refractivity contribution is 6.48. The molecule has 0 bridgehead atoms. The van der Waals surface area contributed by atoms with Crippen molar-refractivity contribution >= 4 is 58.3 Å². The van der Waals surface area contributed by atoms with Crippen LogP contribution in [0.25, 0.3) is 0 Å². The van der Waals surface area contributed by atoms with Crippen LogP contribution >= 0.6 is 34.8 Å². The van der Waals surface area contributed by atoms with E-state index in [1.165, 1.54) is 24.3 Å². The van der Waals surface area contributed by atoms with E-state index in [-0.39, 0.29) is 37.7 Å². The van der Waals surface area contributed by atoms with E-state index in [9.17, 15) is 14.4 Å². The maximum absolute atomic E-state index is 13.3. The molecule has 0 atom stereocenters. The molecule has 2 amide bonds. The molecule has 2 aromatic carbocycles. The Labute approximate surface area is 186 Å². The number of amides is 2. The number of hydrogen-bond donors (Lipinski definition) is 0. The average molecular weight is 464 g/mol. The number of imide groups is 1.